The van der Waals surface area contributed by atoms with Gasteiger partial charge in [0.2, 0.25) is 0 Å². The number of rotatable bonds is 6. The predicted octanol–water partition coefficient (Wildman–Crippen LogP) is 2.44. The molecule has 1 aliphatic rings. The molecule has 0 spiro atoms. The minimum absolute atomic E-state index is 0.0173. The first-order valence-electron chi connectivity index (χ1n) is 7.95. The molecule has 0 saturated carbocycles. The van der Waals surface area contributed by atoms with Gasteiger partial charge in [-0.15, -0.1) is 0 Å². The maximum absolute atomic E-state index is 13.1. The number of hydrogen-bond acceptors (Lipinski definition) is 3. The number of ether oxygens (including phenoxy) is 1. The number of amides is 1. The van der Waals surface area contributed by atoms with Crippen LogP contribution in [0, 0.1) is 11.7 Å². The lowest BCUT2D eigenvalue weighted by Gasteiger charge is -2.33. The third-order valence-corrected chi connectivity index (χ3v) is 4.19. The van der Waals surface area contributed by atoms with Crippen LogP contribution >= 0.6 is 0 Å². The van der Waals surface area contributed by atoms with Gasteiger partial charge in [-0.2, -0.15) is 0 Å². The van der Waals surface area contributed by atoms with Gasteiger partial charge in [-0.25, -0.2) is 4.39 Å². The highest BCUT2D eigenvalue weighted by Gasteiger charge is 2.26. The Kier molecular flexibility index (Phi) is 6.19. The fraction of sp³-hybridized carbons (Fsp3) is 0.588. The van der Waals surface area contributed by atoms with Crippen molar-refractivity contribution in [3.05, 3.63) is 30.1 Å². The van der Waals surface area contributed by atoms with Crippen LogP contribution in [0.4, 0.5) is 4.39 Å². The summed E-state index contributed by atoms with van der Waals surface area (Å²) in [6.45, 7) is 4.31. The average Bonchev–Trinajstić information content (AvgIpc) is 2.52. The molecule has 1 aromatic carbocycles. The van der Waals surface area contributed by atoms with Gasteiger partial charge in [0.1, 0.15) is 11.6 Å². The predicted molar refractivity (Wildman–Crippen MR) is 84.3 cm³/mol. The van der Waals surface area contributed by atoms with Crippen molar-refractivity contribution in [3.8, 4) is 5.75 Å². The number of carbonyl (C=O) groups is 1. The highest BCUT2D eigenvalue weighted by atomic mass is 19.1. The average molecular weight is 308 g/mol. The molecular weight excluding hydrogens is 283 g/mol. The van der Waals surface area contributed by atoms with Crippen molar-refractivity contribution < 1.29 is 13.9 Å². The molecule has 1 unspecified atom stereocenters. The van der Waals surface area contributed by atoms with Crippen LogP contribution in [0.2, 0.25) is 0 Å². The Bertz CT molecular complexity index is 487. The number of piperidine rings is 1. The van der Waals surface area contributed by atoms with Gasteiger partial charge in [0, 0.05) is 19.2 Å². The monoisotopic (exact) mass is 308 g/mol. The second kappa shape index (κ2) is 8.13. The molecule has 0 aliphatic carbocycles. The molecule has 5 heteroatoms. The first kappa shape index (κ1) is 16.7. The van der Waals surface area contributed by atoms with Crippen molar-refractivity contribution in [2.45, 2.75) is 32.3 Å². The lowest BCUT2D eigenvalue weighted by atomic mass is 9.93. The number of carbonyl (C=O) groups excluding carboxylic acids is 1. The topological polar surface area (TPSA) is 41.6 Å². The maximum atomic E-state index is 13.1. The first-order valence-corrected chi connectivity index (χ1v) is 7.95. The van der Waals surface area contributed by atoms with E-state index in [1.807, 2.05) is 11.9 Å². The summed E-state index contributed by atoms with van der Waals surface area (Å²) in [5.41, 5.74) is 0. The summed E-state index contributed by atoms with van der Waals surface area (Å²) < 4.78 is 18.7. The molecule has 1 fully saturated rings. The molecule has 0 radical (unpaired) electrons. The quantitative estimate of drug-likeness (QED) is 0.877. The first-order chi connectivity index (χ1) is 10.6. The zero-order chi connectivity index (χ0) is 15.9. The molecule has 4 nitrogen and oxygen atoms in total. The second-order valence-corrected chi connectivity index (χ2v) is 5.88. The normalized spacial score (nSPS) is 17.3. The van der Waals surface area contributed by atoms with Crippen molar-refractivity contribution in [2.24, 2.45) is 5.92 Å². The molecule has 2 rings (SSSR count). The second-order valence-electron chi connectivity index (χ2n) is 5.88. The van der Waals surface area contributed by atoms with Crippen LogP contribution in [0.25, 0.3) is 0 Å². The number of likely N-dealkylation sites (tertiary alicyclic amines) is 1. The van der Waals surface area contributed by atoms with E-state index in [0.717, 1.165) is 38.9 Å². The van der Waals surface area contributed by atoms with Crippen molar-refractivity contribution in [1.29, 1.82) is 0 Å². The molecule has 1 atom stereocenters. The number of benzene rings is 1. The zero-order valence-electron chi connectivity index (χ0n) is 13.3. The number of nitrogens with zero attached hydrogens (tertiary/aromatic N) is 1. The summed E-state index contributed by atoms with van der Waals surface area (Å²) in [4.78, 5) is 14.3. The van der Waals surface area contributed by atoms with E-state index in [0.29, 0.717) is 11.7 Å². The Morgan fingerprint density at radius 3 is 2.82 bits per heavy atom. The SMILES string of the molecule is CNCCC1CCN(C(=O)C(C)Oc2cccc(F)c2)CC1. The Labute approximate surface area is 131 Å². The molecule has 1 N–H and O–H groups in total. The minimum atomic E-state index is -0.587. The maximum Gasteiger partial charge on any atom is 0.263 e. The van der Waals surface area contributed by atoms with E-state index in [-0.39, 0.29) is 11.7 Å². The van der Waals surface area contributed by atoms with E-state index in [4.69, 9.17) is 4.74 Å². The van der Waals surface area contributed by atoms with Crippen LogP contribution in [0.3, 0.4) is 0 Å². The van der Waals surface area contributed by atoms with Crippen LogP contribution in [0.1, 0.15) is 26.2 Å². The standard InChI is InChI=1S/C17H25FN2O2/c1-13(22-16-5-3-4-15(18)12-16)17(21)20-10-7-14(8-11-20)6-9-19-2/h3-5,12-14,19H,6-11H2,1-2H3. The molecule has 0 aromatic heterocycles. The highest BCUT2D eigenvalue weighted by Crippen LogP contribution is 2.21. The van der Waals surface area contributed by atoms with E-state index in [1.54, 1.807) is 19.1 Å². The summed E-state index contributed by atoms with van der Waals surface area (Å²) in [5.74, 6) is 0.708. The summed E-state index contributed by atoms with van der Waals surface area (Å²) >= 11 is 0. The van der Waals surface area contributed by atoms with Crippen LogP contribution < -0.4 is 10.1 Å². The minimum Gasteiger partial charge on any atom is -0.481 e. The van der Waals surface area contributed by atoms with Crippen molar-refractivity contribution in [2.75, 3.05) is 26.7 Å². The van der Waals surface area contributed by atoms with Crippen molar-refractivity contribution in [3.63, 3.8) is 0 Å². The lowest BCUT2D eigenvalue weighted by molar-refractivity contribution is -0.139. The molecule has 122 valence electrons. The fourth-order valence-electron chi connectivity index (χ4n) is 2.84. The molecular formula is C17H25FN2O2. The van der Waals surface area contributed by atoms with E-state index >= 15 is 0 Å². The van der Waals surface area contributed by atoms with Crippen LogP contribution in [-0.2, 0) is 4.79 Å². The van der Waals surface area contributed by atoms with Gasteiger partial charge in [-0.05, 0) is 57.8 Å². The van der Waals surface area contributed by atoms with Gasteiger partial charge in [0.25, 0.3) is 5.91 Å². The van der Waals surface area contributed by atoms with Gasteiger partial charge in [0.15, 0.2) is 6.10 Å². The number of halogens is 1. The molecule has 22 heavy (non-hydrogen) atoms. The molecule has 1 saturated heterocycles. The van der Waals surface area contributed by atoms with Gasteiger partial charge < -0.3 is 15.0 Å². The molecule has 1 aromatic rings. The summed E-state index contributed by atoms with van der Waals surface area (Å²) in [6, 6.07) is 5.90. The Morgan fingerprint density at radius 2 is 2.18 bits per heavy atom. The molecule has 1 aliphatic heterocycles. The fourth-order valence-corrected chi connectivity index (χ4v) is 2.84. The smallest absolute Gasteiger partial charge is 0.263 e. The Morgan fingerprint density at radius 1 is 1.45 bits per heavy atom. The van der Waals surface area contributed by atoms with Crippen molar-refractivity contribution >= 4 is 5.91 Å². The van der Waals surface area contributed by atoms with Crippen molar-refractivity contribution in [1.82, 2.24) is 10.2 Å². The zero-order valence-corrected chi connectivity index (χ0v) is 13.3. The van der Waals surface area contributed by atoms with E-state index < -0.39 is 6.10 Å². The van der Waals surface area contributed by atoms with Crippen LogP contribution in [0.15, 0.2) is 24.3 Å². The number of hydrogen-bond donors (Lipinski definition) is 1. The van der Waals surface area contributed by atoms with E-state index in [2.05, 4.69) is 5.32 Å². The van der Waals surface area contributed by atoms with E-state index in [9.17, 15) is 9.18 Å². The highest BCUT2D eigenvalue weighted by molar-refractivity contribution is 5.81. The van der Waals surface area contributed by atoms with E-state index in [1.165, 1.54) is 12.1 Å². The third kappa shape index (κ3) is 4.70. The van der Waals surface area contributed by atoms with Gasteiger partial charge in [-0.1, -0.05) is 6.07 Å². The molecule has 0 bridgehead atoms. The van der Waals surface area contributed by atoms with Crippen LogP contribution in [0.5, 0.6) is 5.75 Å². The summed E-state index contributed by atoms with van der Waals surface area (Å²) in [6.07, 6.45) is 2.66. The Balaban J connectivity index is 1.81. The number of nitrogens with one attached hydrogen (secondary N) is 1. The van der Waals surface area contributed by atoms with Gasteiger partial charge >= 0.3 is 0 Å². The van der Waals surface area contributed by atoms with Gasteiger partial charge in [-0.3, -0.25) is 4.79 Å². The molecule has 1 amide bonds. The van der Waals surface area contributed by atoms with Crippen LogP contribution in [-0.4, -0.2) is 43.6 Å². The lowest BCUT2D eigenvalue weighted by Crippen LogP contribution is -2.45. The molecule has 1 heterocycles. The summed E-state index contributed by atoms with van der Waals surface area (Å²) in [7, 11) is 1.96. The largest absolute Gasteiger partial charge is 0.481 e. The third-order valence-electron chi connectivity index (χ3n) is 4.19. The van der Waals surface area contributed by atoms with Gasteiger partial charge in [0.05, 0.1) is 0 Å². The summed E-state index contributed by atoms with van der Waals surface area (Å²) in [5, 5.41) is 3.17. The Hall–Kier alpha value is -1.62.